The minimum Gasteiger partial charge on any atom is -0.504 e. The average Bonchev–Trinajstić information content (AvgIpc) is 3.04. The number of likely N-dealkylation sites (N-methyl/N-ethyl adjacent to an activating group) is 1. The Morgan fingerprint density at radius 3 is 2.75 bits per heavy atom. The number of phenolic OH excluding ortho intramolecular Hbond substituents is 1. The number of halogens is 1. The van der Waals surface area contributed by atoms with Crippen LogP contribution in [0.25, 0.3) is 0 Å². The highest BCUT2D eigenvalue weighted by Gasteiger charge is 2.67. The van der Waals surface area contributed by atoms with E-state index < -0.39 is 6.10 Å². The van der Waals surface area contributed by atoms with Crippen molar-refractivity contribution in [2.75, 3.05) is 13.6 Å². The molecule has 2 heterocycles. The van der Waals surface area contributed by atoms with E-state index in [9.17, 15) is 10.2 Å². The van der Waals surface area contributed by atoms with E-state index in [4.69, 9.17) is 4.74 Å². The molecule has 1 saturated carbocycles. The molecule has 6 atom stereocenters. The van der Waals surface area contributed by atoms with Crippen LogP contribution < -0.4 is 4.74 Å². The molecule has 2 fully saturated rings. The Kier molecular flexibility index (Phi) is 3.55. The second kappa shape index (κ2) is 5.74. The number of benzene rings is 2. The SMILES string of the molecule is CN1CC[C@]23c4c5ccc(O)c4O[C@H]2[C@@H](O)[C@@H](c2ccc(Br)cc2)CC3[C@H]1C5. The lowest BCUT2D eigenvalue weighted by molar-refractivity contribution is -0.110. The monoisotopic (exact) mass is 441 g/mol. The summed E-state index contributed by atoms with van der Waals surface area (Å²) in [6, 6.07) is 12.6. The maximum absolute atomic E-state index is 11.5. The van der Waals surface area contributed by atoms with Gasteiger partial charge in [-0.15, -0.1) is 0 Å². The van der Waals surface area contributed by atoms with Gasteiger partial charge in [-0.3, -0.25) is 0 Å². The summed E-state index contributed by atoms with van der Waals surface area (Å²) in [4.78, 5) is 2.50. The van der Waals surface area contributed by atoms with Crippen molar-refractivity contribution in [2.45, 2.75) is 48.8 Å². The average molecular weight is 442 g/mol. The van der Waals surface area contributed by atoms with Crippen molar-refractivity contribution in [3.8, 4) is 11.5 Å². The molecule has 2 aromatic rings. The topological polar surface area (TPSA) is 52.9 Å². The lowest BCUT2D eigenvalue weighted by Crippen LogP contribution is -2.67. The Bertz CT molecular complexity index is 961. The van der Waals surface area contributed by atoms with Gasteiger partial charge < -0.3 is 19.8 Å². The van der Waals surface area contributed by atoms with Crippen LogP contribution in [0.2, 0.25) is 0 Å². The first kappa shape index (κ1) is 17.3. The maximum atomic E-state index is 11.5. The van der Waals surface area contributed by atoms with Crippen LogP contribution in [0, 0.1) is 5.92 Å². The molecule has 1 spiro atoms. The molecule has 1 saturated heterocycles. The van der Waals surface area contributed by atoms with Crippen LogP contribution in [0.15, 0.2) is 40.9 Å². The molecule has 2 aliphatic carbocycles. The van der Waals surface area contributed by atoms with Crippen molar-refractivity contribution in [1.82, 2.24) is 4.90 Å². The Morgan fingerprint density at radius 1 is 1.18 bits per heavy atom. The number of aliphatic hydroxyl groups is 1. The third kappa shape index (κ3) is 2.02. The zero-order valence-corrected chi connectivity index (χ0v) is 17.4. The molecule has 0 amide bonds. The fourth-order valence-electron chi connectivity index (χ4n) is 6.75. The predicted molar refractivity (Wildman–Crippen MR) is 110 cm³/mol. The molecule has 2 aromatic carbocycles. The number of ether oxygens (including phenoxy) is 1. The second-order valence-electron chi connectivity index (χ2n) is 9.02. The van der Waals surface area contributed by atoms with Gasteiger partial charge in [0.2, 0.25) is 0 Å². The van der Waals surface area contributed by atoms with E-state index in [1.54, 1.807) is 6.07 Å². The van der Waals surface area contributed by atoms with Gasteiger partial charge in [-0.2, -0.15) is 0 Å². The number of phenols is 1. The van der Waals surface area contributed by atoms with Crippen LogP contribution in [0.5, 0.6) is 11.5 Å². The van der Waals surface area contributed by atoms with E-state index in [2.05, 4.69) is 58.2 Å². The summed E-state index contributed by atoms with van der Waals surface area (Å²) in [6.45, 7) is 1.01. The first-order valence-corrected chi connectivity index (χ1v) is 11.0. The first-order chi connectivity index (χ1) is 13.5. The highest BCUT2D eigenvalue weighted by molar-refractivity contribution is 9.10. The minimum atomic E-state index is -0.584. The Hall–Kier alpha value is -1.56. The molecule has 5 heteroatoms. The minimum absolute atomic E-state index is 0.0447. The van der Waals surface area contributed by atoms with Gasteiger partial charge in [0.25, 0.3) is 0 Å². The van der Waals surface area contributed by atoms with Crippen molar-refractivity contribution in [2.24, 2.45) is 5.92 Å². The van der Waals surface area contributed by atoms with Gasteiger partial charge in [-0.25, -0.2) is 0 Å². The van der Waals surface area contributed by atoms with Crippen molar-refractivity contribution < 1.29 is 14.9 Å². The highest BCUT2D eigenvalue weighted by atomic mass is 79.9. The molecule has 2 N–H and O–H groups in total. The molecule has 2 aliphatic heterocycles. The summed E-state index contributed by atoms with van der Waals surface area (Å²) in [5, 5.41) is 22.0. The number of hydrogen-bond donors (Lipinski definition) is 2. The number of rotatable bonds is 1. The molecule has 1 unspecified atom stereocenters. The van der Waals surface area contributed by atoms with Gasteiger partial charge in [0.05, 0.1) is 6.10 Å². The van der Waals surface area contributed by atoms with Gasteiger partial charge in [-0.05, 0) is 68.1 Å². The summed E-state index contributed by atoms with van der Waals surface area (Å²) in [5.74, 6) is 1.31. The lowest BCUT2D eigenvalue weighted by atomic mass is 9.49. The van der Waals surface area contributed by atoms with Gasteiger partial charge in [0.15, 0.2) is 11.5 Å². The molecule has 4 nitrogen and oxygen atoms in total. The van der Waals surface area contributed by atoms with Crippen LogP contribution in [-0.4, -0.2) is 47.0 Å². The fourth-order valence-corrected chi connectivity index (χ4v) is 7.01. The smallest absolute Gasteiger partial charge is 0.165 e. The third-order valence-electron chi connectivity index (χ3n) is 7.97. The van der Waals surface area contributed by atoms with E-state index >= 15 is 0 Å². The summed E-state index contributed by atoms with van der Waals surface area (Å²) >= 11 is 3.52. The van der Waals surface area contributed by atoms with Crippen molar-refractivity contribution in [1.29, 1.82) is 0 Å². The van der Waals surface area contributed by atoms with Crippen LogP contribution in [0.3, 0.4) is 0 Å². The molecular formula is C23H24BrNO3. The molecule has 2 bridgehead atoms. The maximum Gasteiger partial charge on any atom is 0.165 e. The quantitative estimate of drug-likeness (QED) is 0.709. The number of nitrogens with zero attached hydrogens (tertiary/aromatic N) is 1. The van der Waals surface area contributed by atoms with Gasteiger partial charge >= 0.3 is 0 Å². The molecule has 0 radical (unpaired) electrons. The zero-order valence-electron chi connectivity index (χ0n) is 15.8. The largest absolute Gasteiger partial charge is 0.504 e. The number of aliphatic hydroxyl groups excluding tert-OH is 1. The molecule has 146 valence electrons. The fraction of sp³-hybridized carbons (Fsp3) is 0.478. The Balaban J connectivity index is 1.53. The van der Waals surface area contributed by atoms with Crippen molar-refractivity contribution in [3.05, 3.63) is 57.6 Å². The zero-order chi connectivity index (χ0) is 19.2. The summed E-state index contributed by atoms with van der Waals surface area (Å²) in [6.07, 6.45) is 2.04. The molecule has 6 rings (SSSR count). The third-order valence-corrected chi connectivity index (χ3v) is 8.50. The molecule has 0 aromatic heterocycles. The first-order valence-electron chi connectivity index (χ1n) is 10.2. The standard InChI is InChI=1S/C23H24BrNO3/c1-25-9-8-23-16-11-15(12-2-5-14(24)6-3-12)20(27)22(23)28-21-18(26)7-4-13(19(21)23)10-17(16)25/h2-7,15-17,20,22,26-27H,8-11H2,1H3/t15-,16?,17-,20+,22+,23+/m1/s1. The number of likely N-dealkylation sites (tertiary alicyclic amines) is 1. The van der Waals surface area contributed by atoms with Crippen molar-refractivity contribution >= 4 is 15.9 Å². The van der Waals surface area contributed by atoms with Crippen LogP contribution in [-0.2, 0) is 11.8 Å². The lowest BCUT2D eigenvalue weighted by Gasteiger charge is -2.60. The second-order valence-corrected chi connectivity index (χ2v) is 9.94. The Labute approximate surface area is 173 Å². The van der Waals surface area contributed by atoms with E-state index in [-0.39, 0.29) is 23.2 Å². The van der Waals surface area contributed by atoms with E-state index in [0.717, 1.165) is 30.3 Å². The molecular weight excluding hydrogens is 418 g/mol. The van der Waals surface area contributed by atoms with Crippen LogP contribution >= 0.6 is 15.9 Å². The number of hydrogen-bond acceptors (Lipinski definition) is 4. The van der Waals surface area contributed by atoms with Gasteiger partial charge in [0, 0.05) is 27.4 Å². The number of aromatic hydroxyl groups is 1. The highest BCUT2D eigenvalue weighted by Crippen LogP contribution is 2.65. The predicted octanol–water partition coefficient (Wildman–Crippen LogP) is 3.58. The normalized spacial score (nSPS) is 38.0. The van der Waals surface area contributed by atoms with Crippen LogP contribution in [0.4, 0.5) is 0 Å². The summed E-state index contributed by atoms with van der Waals surface area (Å²) in [7, 11) is 2.23. The van der Waals surface area contributed by atoms with E-state index in [1.165, 1.54) is 16.7 Å². The van der Waals surface area contributed by atoms with E-state index in [0.29, 0.717) is 17.7 Å². The van der Waals surface area contributed by atoms with Crippen LogP contribution in [0.1, 0.15) is 35.4 Å². The Morgan fingerprint density at radius 2 is 1.96 bits per heavy atom. The summed E-state index contributed by atoms with van der Waals surface area (Å²) in [5.41, 5.74) is 3.47. The van der Waals surface area contributed by atoms with Crippen molar-refractivity contribution in [3.63, 3.8) is 0 Å². The van der Waals surface area contributed by atoms with E-state index in [1.807, 2.05) is 0 Å². The molecule has 28 heavy (non-hydrogen) atoms. The van der Waals surface area contributed by atoms with Gasteiger partial charge in [0.1, 0.15) is 6.10 Å². The molecule has 4 aliphatic rings. The number of piperidine rings is 1. The summed E-state index contributed by atoms with van der Waals surface area (Å²) < 4.78 is 7.45. The van der Waals surface area contributed by atoms with Gasteiger partial charge in [-0.1, -0.05) is 34.1 Å².